The van der Waals surface area contributed by atoms with Gasteiger partial charge in [0.05, 0.1) is 0 Å². The number of rotatable bonds is 1. The smallest absolute Gasteiger partial charge is 0.150 e. The molecule has 0 unspecified atom stereocenters. The number of hydrogen-bond donors (Lipinski definition) is 2. The van der Waals surface area contributed by atoms with Gasteiger partial charge >= 0.3 is 0 Å². The summed E-state index contributed by atoms with van der Waals surface area (Å²) in [7, 11) is 0. The zero-order valence-corrected chi connectivity index (χ0v) is 6.01. The van der Waals surface area contributed by atoms with Gasteiger partial charge in [-0.2, -0.15) is 0 Å². The Morgan fingerprint density at radius 1 is 1.50 bits per heavy atom. The Morgan fingerprint density at radius 2 is 2.20 bits per heavy atom. The standard InChI is InChI=1S/C7H6O2S/c8-4-5-1-2-6(9)7(10)3-5/h1-4,9-10H. The summed E-state index contributed by atoms with van der Waals surface area (Å²) in [5.41, 5.74) is 0.516. The molecule has 0 spiro atoms. The minimum atomic E-state index is 0.0916. The van der Waals surface area contributed by atoms with E-state index in [1.165, 1.54) is 18.2 Å². The van der Waals surface area contributed by atoms with Crippen LogP contribution in [0, 0.1) is 0 Å². The summed E-state index contributed by atoms with van der Waals surface area (Å²) in [5, 5.41) is 8.95. The van der Waals surface area contributed by atoms with E-state index in [2.05, 4.69) is 12.6 Å². The van der Waals surface area contributed by atoms with Crippen molar-refractivity contribution in [2.24, 2.45) is 0 Å². The number of aldehydes is 1. The van der Waals surface area contributed by atoms with E-state index in [-0.39, 0.29) is 5.75 Å². The van der Waals surface area contributed by atoms with E-state index in [0.717, 1.165) is 0 Å². The van der Waals surface area contributed by atoms with Crippen molar-refractivity contribution in [1.82, 2.24) is 0 Å². The molecule has 1 rings (SSSR count). The normalized spacial score (nSPS) is 9.30. The van der Waals surface area contributed by atoms with Gasteiger partial charge in [-0.05, 0) is 18.2 Å². The van der Waals surface area contributed by atoms with Crippen LogP contribution in [0.5, 0.6) is 5.75 Å². The van der Waals surface area contributed by atoms with Crippen molar-refractivity contribution in [2.45, 2.75) is 4.90 Å². The summed E-state index contributed by atoms with van der Waals surface area (Å²) in [5.74, 6) is 0.0916. The summed E-state index contributed by atoms with van der Waals surface area (Å²) >= 11 is 3.91. The maximum Gasteiger partial charge on any atom is 0.150 e. The van der Waals surface area contributed by atoms with E-state index >= 15 is 0 Å². The van der Waals surface area contributed by atoms with E-state index in [1.807, 2.05) is 0 Å². The lowest BCUT2D eigenvalue weighted by Gasteiger charge is -1.95. The molecular formula is C7H6O2S. The lowest BCUT2D eigenvalue weighted by molar-refractivity contribution is 0.112. The van der Waals surface area contributed by atoms with Gasteiger partial charge in [-0.3, -0.25) is 4.79 Å². The molecule has 52 valence electrons. The van der Waals surface area contributed by atoms with Crippen LogP contribution in [-0.4, -0.2) is 11.4 Å². The van der Waals surface area contributed by atoms with Gasteiger partial charge in [0.1, 0.15) is 12.0 Å². The molecule has 0 radical (unpaired) electrons. The van der Waals surface area contributed by atoms with Gasteiger partial charge in [0, 0.05) is 10.5 Å². The highest BCUT2D eigenvalue weighted by Crippen LogP contribution is 2.20. The summed E-state index contributed by atoms with van der Waals surface area (Å²) < 4.78 is 0. The van der Waals surface area contributed by atoms with Crippen LogP contribution in [0.25, 0.3) is 0 Å². The molecule has 3 heteroatoms. The fourth-order valence-electron chi connectivity index (χ4n) is 0.614. The first kappa shape index (κ1) is 7.15. The molecule has 0 aliphatic rings. The third-order valence-electron chi connectivity index (χ3n) is 1.14. The molecule has 0 heterocycles. The Kier molecular flexibility index (Phi) is 1.97. The number of carbonyl (C=O) groups is 1. The molecule has 1 aromatic rings. The monoisotopic (exact) mass is 154 g/mol. The van der Waals surface area contributed by atoms with E-state index in [9.17, 15) is 4.79 Å². The minimum absolute atomic E-state index is 0.0916. The average molecular weight is 154 g/mol. The fourth-order valence-corrected chi connectivity index (χ4v) is 0.837. The van der Waals surface area contributed by atoms with Gasteiger partial charge in [-0.15, -0.1) is 12.6 Å². The van der Waals surface area contributed by atoms with Crippen molar-refractivity contribution in [3.05, 3.63) is 23.8 Å². The molecular weight excluding hydrogens is 148 g/mol. The molecule has 2 nitrogen and oxygen atoms in total. The molecule has 10 heavy (non-hydrogen) atoms. The minimum Gasteiger partial charge on any atom is -0.507 e. The van der Waals surface area contributed by atoms with Crippen molar-refractivity contribution in [3.63, 3.8) is 0 Å². The van der Waals surface area contributed by atoms with Crippen LogP contribution in [-0.2, 0) is 0 Å². The van der Waals surface area contributed by atoms with Gasteiger partial charge in [0.2, 0.25) is 0 Å². The second kappa shape index (κ2) is 2.75. The Balaban J connectivity index is 3.16. The van der Waals surface area contributed by atoms with E-state index in [1.54, 1.807) is 0 Å². The third-order valence-corrected chi connectivity index (χ3v) is 1.49. The van der Waals surface area contributed by atoms with Crippen molar-refractivity contribution in [1.29, 1.82) is 0 Å². The molecule has 0 saturated carbocycles. The molecule has 0 aromatic heterocycles. The maximum atomic E-state index is 10.2. The Labute approximate surface area is 63.9 Å². The first-order chi connectivity index (χ1) is 4.74. The van der Waals surface area contributed by atoms with Crippen LogP contribution in [0.4, 0.5) is 0 Å². The zero-order chi connectivity index (χ0) is 7.56. The average Bonchev–Trinajstić information content (AvgIpc) is 1.95. The molecule has 1 N–H and O–H groups in total. The van der Waals surface area contributed by atoms with Crippen LogP contribution in [0.3, 0.4) is 0 Å². The predicted octanol–water partition coefficient (Wildman–Crippen LogP) is 1.49. The summed E-state index contributed by atoms with van der Waals surface area (Å²) in [6, 6.07) is 4.47. The largest absolute Gasteiger partial charge is 0.507 e. The highest BCUT2D eigenvalue weighted by Gasteiger charge is 1.95. The molecule has 0 bridgehead atoms. The van der Waals surface area contributed by atoms with Crippen molar-refractivity contribution in [3.8, 4) is 5.75 Å². The number of hydrogen-bond acceptors (Lipinski definition) is 3. The van der Waals surface area contributed by atoms with Crippen LogP contribution in [0.2, 0.25) is 0 Å². The number of thiol groups is 1. The molecule has 0 aliphatic heterocycles. The Hall–Kier alpha value is -0.960. The fraction of sp³-hybridized carbons (Fsp3) is 0. The van der Waals surface area contributed by atoms with E-state index in [0.29, 0.717) is 16.7 Å². The Morgan fingerprint density at radius 3 is 2.70 bits per heavy atom. The lowest BCUT2D eigenvalue weighted by atomic mass is 10.2. The van der Waals surface area contributed by atoms with Crippen molar-refractivity contribution in [2.75, 3.05) is 0 Å². The highest BCUT2D eigenvalue weighted by atomic mass is 32.1. The lowest BCUT2D eigenvalue weighted by Crippen LogP contribution is -1.78. The van der Waals surface area contributed by atoms with Crippen molar-refractivity contribution < 1.29 is 9.90 Å². The highest BCUT2D eigenvalue weighted by molar-refractivity contribution is 7.80. The first-order valence-electron chi connectivity index (χ1n) is 2.71. The zero-order valence-electron chi connectivity index (χ0n) is 5.11. The van der Waals surface area contributed by atoms with Crippen LogP contribution >= 0.6 is 12.6 Å². The second-order valence-corrected chi connectivity index (χ2v) is 2.35. The first-order valence-corrected chi connectivity index (χ1v) is 3.16. The van der Waals surface area contributed by atoms with E-state index in [4.69, 9.17) is 5.11 Å². The van der Waals surface area contributed by atoms with Crippen LogP contribution in [0.15, 0.2) is 23.1 Å². The molecule has 0 saturated heterocycles. The molecule has 0 atom stereocenters. The third kappa shape index (κ3) is 1.30. The van der Waals surface area contributed by atoms with Gasteiger partial charge in [-0.25, -0.2) is 0 Å². The Bertz CT molecular complexity index is 258. The van der Waals surface area contributed by atoms with Crippen molar-refractivity contribution >= 4 is 18.9 Å². The number of carbonyl (C=O) groups excluding carboxylic acids is 1. The number of benzene rings is 1. The molecule has 0 aliphatic carbocycles. The second-order valence-electron chi connectivity index (χ2n) is 1.87. The number of phenolic OH excluding ortho intramolecular Hbond substituents is 1. The van der Waals surface area contributed by atoms with E-state index < -0.39 is 0 Å². The van der Waals surface area contributed by atoms with Gasteiger partial charge in [-0.1, -0.05) is 0 Å². The number of phenols is 1. The van der Waals surface area contributed by atoms with Gasteiger partial charge in [0.25, 0.3) is 0 Å². The van der Waals surface area contributed by atoms with Gasteiger partial charge < -0.3 is 5.11 Å². The van der Waals surface area contributed by atoms with Crippen LogP contribution in [0.1, 0.15) is 10.4 Å². The summed E-state index contributed by atoms with van der Waals surface area (Å²) in [4.78, 5) is 10.6. The molecule has 1 aromatic carbocycles. The number of aromatic hydroxyl groups is 1. The molecule has 0 fully saturated rings. The molecule has 0 amide bonds. The van der Waals surface area contributed by atoms with Crippen LogP contribution < -0.4 is 0 Å². The summed E-state index contributed by atoms with van der Waals surface area (Å²) in [6.45, 7) is 0. The topological polar surface area (TPSA) is 37.3 Å². The SMILES string of the molecule is O=Cc1ccc(O)c(S)c1. The maximum absolute atomic E-state index is 10.2. The quantitative estimate of drug-likeness (QED) is 0.475. The predicted molar refractivity (Wildman–Crippen MR) is 40.7 cm³/mol. The van der Waals surface area contributed by atoms with Gasteiger partial charge in [0.15, 0.2) is 0 Å². The summed E-state index contributed by atoms with van der Waals surface area (Å²) in [6.07, 6.45) is 0.707.